The smallest absolute Gasteiger partial charge is 0.0134 e. The largest absolute Gasteiger partial charge is 0.0622 e. The summed E-state index contributed by atoms with van der Waals surface area (Å²) in [6, 6.07) is 97.0. The molecule has 0 heterocycles. The molecule has 0 aliphatic rings. The minimum absolute atomic E-state index is 0. The van der Waals surface area contributed by atoms with Gasteiger partial charge in [0.05, 0.1) is 0 Å². The fourth-order valence-corrected chi connectivity index (χ4v) is 13.5. The zero-order valence-corrected chi connectivity index (χ0v) is 47.8. The maximum Gasteiger partial charge on any atom is -0.0134 e. The fraction of sp³-hybridized carbons (Fsp3) is 0.0667. The van der Waals surface area contributed by atoms with Gasteiger partial charge in [-0.2, -0.15) is 0 Å². The van der Waals surface area contributed by atoms with Gasteiger partial charge in [-0.1, -0.05) is 300 Å². The maximum atomic E-state index is 7.50. The molecule has 0 aliphatic heterocycles. The molecular formula is C60H56AuCl2OP4Ru. The Morgan fingerprint density at radius 1 is 0.333 bits per heavy atom. The summed E-state index contributed by atoms with van der Waals surface area (Å²) in [7, 11) is 11.7. The molecular weight excluding hydrogens is 1230 g/mol. The zero-order chi connectivity index (χ0) is 48.7. The molecule has 355 valence electrons. The summed E-state index contributed by atoms with van der Waals surface area (Å²) in [5.74, 6) is 1.99. The first-order chi connectivity index (χ1) is 33.3. The van der Waals surface area contributed by atoms with E-state index >= 15 is 0 Å². The summed E-state index contributed by atoms with van der Waals surface area (Å²) >= 11 is -0.346. The van der Waals surface area contributed by atoms with Crippen molar-refractivity contribution in [1.29, 1.82) is 0 Å². The van der Waals surface area contributed by atoms with Crippen LogP contribution in [0.4, 0.5) is 0 Å². The van der Waals surface area contributed by atoms with E-state index < -0.39 is 23.8 Å². The van der Waals surface area contributed by atoms with Crippen molar-refractivity contribution < 1.29 is 42.2 Å². The van der Waals surface area contributed by atoms with Gasteiger partial charge in [0, 0.05) is 22.4 Å². The molecule has 9 aromatic rings. The Kier molecular flexibility index (Phi) is 30.4. The Bertz CT molecular complexity index is 2110. The van der Waals surface area contributed by atoms with Crippen molar-refractivity contribution in [3.63, 3.8) is 0 Å². The summed E-state index contributed by atoms with van der Waals surface area (Å²) in [5, 5.41) is 12.6. The van der Waals surface area contributed by atoms with Crippen LogP contribution in [-0.4, -0.2) is 5.80 Å². The van der Waals surface area contributed by atoms with Crippen molar-refractivity contribution in [2.45, 2.75) is 20.8 Å². The number of halogens is 2. The topological polar surface area (TPSA) is 19.9 Å². The van der Waals surface area contributed by atoms with E-state index in [1.807, 2.05) is 5.80 Å². The summed E-state index contributed by atoms with van der Waals surface area (Å²) < 4.78 is 7.50. The Morgan fingerprint density at radius 2 is 0.420 bits per heavy atom. The van der Waals surface area contributed by atoms with Crippen LogP contribution in [0.5, 0.6) is 0 Å². The Labute approximate surface area is 449 Å². The Morgan fingerprint density at radius 3 is 0.493 bits per heavy atom. The van der Waals surface area contributed by atoms with E-state index in [0.29, 0.717) is 5.41 Å². The number of hydrogen-bond acceptors (Lipinski definition) is 0. The van der Waals surface area contributed by atoms with E-state index in [-0.39, 0.29) is 37.5 Å². The summed E-state index contributed by atoms with van der Waals surface area (Å²) in [6.07, 6.45) is 0. The molecule has 0 spiro atoms. The van der Waals surface area contributed by atoms with Crippen LogP contribution in [0.3, 0.4) is 0 Å². The predicted octanol–water partition coefficient (Wildman–Crippen LogP) is 13.6. The third-order valence-corrected chi connectivity index (χ3v) is 17.8. The molecule has 0 aliphatic carbocycles. The van der Waals surface area contributed by atoms with E-state index in [2.05, 4.69) is 309 Å². The quantitative estimate of drug-likeness (QED) is 0.0594. The molecule has 1 radical (unpaired) electrons. The SMILES string of the molecule is CC(C)(C)C=P.[Au].[C-]#[O+].[Cl][Ru][Cl].c1ccc(P(c2ccccc2)c2ccccc2)cc1.c1ccc(P(c2ccccc2)c2ccccc2)cc1.c1ccc(P(c2ccccc2)c2ccccc2)cc1. The van der Waals surface area contributed by atoms with Crippen molar-refractivity contribution in [1.82, 2.24) is 0 Å². The normalized spacial score (nSPS) is 10.1. The van der Waals surface area contributed by atoms with Crippen molar-refractivity contribution in [3.8, 4) is 0 Å². The Hall–Kier alpha value is -3.88. The summed E-state index contributed by atoms with van der Waals surface area (Å²) in [4.78, 5) is 0. The molecule has 0 bridgehead atoms. The van der Waals surface area contributed by atoms with Gasteiger partial charge < -0.3 is 0 Å². The molecule has 0 aromatic heterocycles. The van der Waals surface area contributed by atoms with Gasteiger partial charge in [-0.3, -0.25) is 0 Å². The minimum Gasteiger partial charge on any atom is -0.0622 e. The fourth-order valence-electron chi connectivity index (χ4n) is 6.54. The number of benzene rings is 9. The van der Waals surface area contributed by atoms with Crippen molar-refractivity contribution in [2.75, 3.05) is 0 Å². The molecule has 0 atom stereocenters. The van der Waals surface area contributed by atoms with E-state index in [1.165, 1.54) is 47.7 Å². The Balaban J connectivity index is 0.000000246. The molecule has 0 fully saturated rings. The summed E-state index contributed by atoms with van der Waals surface area (Å²) in [5.41, 5.74) is 0.330. The standard InChI is InChI=1S/3C18H15P.C5H11P.CO.Au.2ClH.Ru/c3*1-4-10-16(11-5-1)19(17-12-6-2-7-13-17)18-14-8-3-9-15-18;1-5(2,3)4-6;1-2;;;;/h3*1-15H;4,6H,1-3H3;;;2*1H;/q;;;;;;;;+2/p-2. The second-order valence-corrected chi connectivity index (χ2v) is 25.2. The van der Waals surface area contributed by atoms with Gasteiger partial charge in [0.25, 0.3) is 0 Å². The average Bonchev–Trinajstić information content (AvgIpc) is 3.41. The molecule has 69 heavy (non-hydrogen) atoms. The molecule has 0 saturated carbocycles. The van der Waals surface area contributed by atoms with Gasteiger partial charge in [-0.05, 0) is 76.9 Å². The molecule has 1 nitrogen and oxygen atoms in total. The van der Waals surface area contributed by atoms with Crippen molar-refractivity contribution in [2.24, 2.45) is 5.41 Å². The van der Waals surface area contributed by atoms with Crippen molar-refractivity contribution in [3.05, 3.63) is 280 Å². The van der Waals surface area contributed by atoms with E-state index in [1.54, 1.807) is 0 Å². The second kappa shape index (κ2) is 35.3. The predicted molar refractivity (Wildman–Crippen MR) is 305 cm³/mol. The zero-order valence-electron chi connectivity index (χ0n) is 38.7. The molecule has 0 unspecified atom stereocenters. The minimum atomic E-state index is -0.446. The van der Waals surface area contributed by atoms with Crippen LogP contribution in [0.15, 0.2) is 273 Å². The van der Waals surface area contributed by atoms with Crippen LogP contribution in [-0.2, 0) is 42.2 Å². The monoisotopic (exact) mass is 1290 g/mol. The van der Waals surface area contributed by atoms with E-state index in [0.717, 1.165) is 0 Å². The molecule has 9 heteroatoms. The molecule has 9 rings (SSSR count). The third kappa shape index (κ3) is 21.6. The first kappa shape index (κ1) is 59.4. The number of rotatable bonds is 9. The summed E-state index contributed by atoms with van der Waals surface area (Å²) in [6.45, 7) is 10.9. The van der Waals surface area contributed by atoms with Gasteiger partial charge in [-0.15, -0.1) is 8.86 Å². The van der Waals surface area contributed by atoms with Crippen LogP contribution in [0.1, 0.15) is 20.8 Å². The van der Waals surface area contributed by atoms with Crippen LogP contribution < -0.4 is 47.7 Å². The molecule has 9 aromatic carbocycles. The van der Waals surface area contributed by atoms with Crippen LogP contribution in [0.2, 0.25) is 0 Å². The van der Waals surface area contributed by atoms with Gasteiger partial charge in [0.2, 0.25) is 0 Å². The van der Waals surface area contributed by atoms with Crippen molar-refractivity contribution >= 4 is 106 Å². The maximum absolute atomic E-state index is 7.50. The molecule has 0 N–H and O–H groups in total. The van der Waals surface area contributed by atoms with Gasteiger partial charge in [-0.25, -0.2) is 0 Å². The second-order valence-electron chi connectivity index (χ2n) is 15.6. The third-order valence-electron chi connectivity index (χ3n) is 9.56. The van der Waals surface area contributed by atoms with Gasteiger partial charge in [0.1, 0.15) is 0 Å². The van der Waals surface area contributed by atoms with Crippen LogP contribution in [0, 0.1) is 12.1 Å². The van der Waals surface area contributed by atoms with E-state index in [4.69, 9.17) is 24.0 Å². The van der Waals surface area contributed by atoms with Gasteiger partial charge >= 0.3 is 45.8 Å². The van der Waals surface area contributed by atoms with Gasteiger partial charge in [0.15, 0.2) is 0 Å². The number of hydrogen-bond donors (Lipinski definition) is 0. The first-order valence-corrected chi connectivity index (χ1v) is 30.8. The molecule has 0 saturated heterocycles. The van der Waals surface area contributed by atoms with Crippen LogP contribution >= 0.6 is 52.0 Å². The molecule has 0 amide bonds. The first-order valence-electron chi connectivity index (χ1n) is 21.8. The van der Waals surface area contributed by atoms with E-state index in [9.17, 15) is 0 Å². The average molecular weight is 1290 g/mol. The van der Waals surface area contributed by atoms with Crippen LogP contribution in [0.25, 0.3) is 0 Å².